The van der Waals surface area contributed by atoms with Crippen molar-refractivity contribution in [1.82, 2.24) is 5.32 Å². The Kier molecular flexibility index (Phi) is 3.95. The Morgan fingerprint density at radius 3 is 2.41 bits per heavy atom. The van der Waals surface area contributed by atoms with Gasteiger partial charge in [0, 0.05) is 0 Å². The van der Waals surface area contributed by atoms with Gasteiger partial charge in [0.15, 0.2) is 0 Å². The van der Waals surface area contributed by atoms with Crippen molar-refractivity contribution in [2.75, 3.05) is 0 Å². The lowest BCUT2D eigenvalue weighted by Gasteiger charge is -1.99. The second-order valence-corrected chi connectivity index (χ2v) is 3.04. The van der Waals surface area contributed by atoms with Crippen molar-refractivity contribution in [1.29, 1.82) is 5.26 Å². The number of carbonyl (C=O) groups is 2. The normalized spacial score (nSPS) is 10.5. The Hall–Kier alpha value is -2.68. The summed E-state index contributed by atoms with van der Waals surface area (Å²) in [5.74, 6) is -1.33. The van der Waals surface area contributed by atoms with Crippen LogP contribution >= 0.6 is 0 Å². The van der Waals surface area contributed by atoms with E-state index in [9.17, 15) is 14.0 Å². The molecule has 1 aromatic carbocycles. The fourth-order valence-electron chi connectivity index (χ4n) is 1.05. The summed E-state index contributed by atoms with van der Waals surface area (Å²) in [6, 6.07) is 5.73. The molecule has 0 fully saturated rings. The number of nitriles is 1. The summed E-state index contributed by atoms with van der Waals surface area (Å²) in [4.78, 5) is 21.7. The average molecular weight is 233 g/mol. The van der Waals surface area contributed by atoms with Gasteiger partial charge < -0.3 is 5.73 Å². The minimum atomic E-state index is -1.05. The molecule has 0 aromatic heterocycles. The number of nitrogens with zero attached hydrogens (tertiary/aromatic N) is 1. The van der Waals surface area contributed by atoms with Crippen molar-refractivity contribution in [2.24, 2.45) is 5.73 Å². The molecular weight excluding hydrogens is 225 g/mol. The first-order valence-corrected chi connectivity index (χ1v) is 4.51. The zero-order chi connectivity index (χ0) is 12.8. The molecule has 3 amide bonds. The minimum Gasteiger partial charge on any atom is -0.351 e. The van der Waals surface area contributed by atoms with E-state index in [1.54, 1.807) is 11.4 Å². The first-order chi connectivity index (χ1) is 8.02. The highest BCUT2D eigenvalue weighted by atomic mass is 19.1. The standard InChI is InChI=1S/C11H8FN3O2/c12-9-3-1-7(2-4-9)5-8(6-13)10(16)15-11(14)17/h1-5H,(H3,14,15,16,17)/b8-5-. The Morgan fingerprint density at radius 1 is 1.35 bits per heavy atom. The summed E-state index contributed by atoms with van der Waals surface area (Å²) >= 11 is 0. The maximum atomic E-state index is 12.6. The Bertz CT molecular complexity index is 515. The van der Waals surface area contributed by atoms with Crippen molar-refractivity contribution in [3.8, 4) is 6.07 Å². The van der Waals surface area contributed by atoms with E-state index >= 15 is 0 Å². The van der Waals surface area contributed by atoms with Gasteiger partial charge in [0.25, 0.3) is 5.91 Å². The van der Waals surface area contributed by atoms with E-state index in [4.69, 9.17) is 11.0 Å². The van der Waals surface area contributed by atoms with Crippen LogP contribution in [0.15, 0.2) is 29.8 Å². The molecule has 17 heavy (non-hydrogen) atoms. The molecule has 6 heteroatoms. The van der Waals surface area contributed by atoms with Crippen molar-refractivity contribution >= 4 is 18.0 Å². The summed E-state index contributed by atoms with van der Waals surface area (Å²) in [6.07, 6.45) is 1.22. The summed E-state index contributed by atoms with van der Waals surface area (Å²) in [5, 5.41) is 10.5. The third kappa shape index (κ3) is 3.76. The zero-order valence-corrected chi connectivity index (χ0v) is 8.61. The summed E-state index contributed by atoms with van der Waals surface area (Å²) < 4.78 is 12.6. The number of carbonyl (C=O) groups excluding carboxylic acids is 2. The highest BCUT2D eigenvalue weighted by Crippen LogP contribution is 2.08. The average Bonchev–Trinajstić information content (AvgIpc) is 2.27. The number of nitrogens with one attached hydrogen (secondary N) is 1. The monoisotopic (exact) mass is 233 g/mol. The quantitative estimate of drug-likeness (QED) is 0.587. The fraction of sp³-hybridized carbons (Fsp3) is 0. The second kappa shape index (κ2) is 5.42. The minimum absolute atomic E-state index is 0.296. The van der Waals surface area contributed by atoms with E-state index in [2.05, 4.69) is 0 Å². The van der Waals surface area contributed by atoms with Crippen LogP contribution in [-0.2, 0) is 4.79 Å². The Morgan fingerprint density at radius 2 is 1.94 bits per heavy atom. The molecule has 86 valence electrons. The van der Waals surface area contributed by atoms with Crippen LogP contribution in [0.25, 0.3) is 6.08 Å². The molecule has 0 radical (unpaired) electrons. The Balaban J connectivity index is 2.95. The number of hydrogen-bond donors (Lipinski definition) is 2. The van der Waals surface area contributed by atoms with Gasteiger partial charge in [-0.25, -0.2) is 9.18 Å². The zero-order valence-electron chi connectivity index (χ0n) is 8.61. The third-order valence-corrected chi connectivity index (χ3v) is 1.78. The van der Waals surface area contributed by atoms with Gasteiger partial charge >= 0.3 is 6.03 Å². The maximum Gasteiger partial charge on any atom is 0.319 e. The number of imide groups is 1. The largest absolute Gasteiger partial charge is 0.351 e. The van der Waals surface area contributed by atoms with Crippen LogP contribution in [0.3, 0.4) is 0 Å². The number of urea groups is 1. The van der Waals surface area contributed by atoms with Gasteiger partial charge in [0.05, 0.1) is 0 Å². The van der Waals surface area contributed by atoms with Crippen LogP contribution in [0, 0.1) is 17.1 Å². The van der Waals surface area contributed by atoms with E-state index in [1.165, 1.54) is 30.3 Å². The number of halogens is 1. The van der Waals surface area contributed by atoms with Crippen molar-refractivity contribution < 1.29 is 14.0 Å². The topological polar surface area (TPSA) is 96.0 Å². The lowest BCUT2D eigenvalue weighted by molar-refractivity contribution is -0.115. The molecule has 0 bridgehead atoms. The number of primary amides is 1. The number of hydrogen-bond acceptors (Lipinski definition) is 3. The summed E-state index contributed by atoms with van der Waals surface area (Å²) in [7, 11) is 0. The fourth-order valence-corrected chi connectivity index (χ4v) is 1.05. The van der Waals surface area contributed by atoms with E-state index in [1.807, 2.05) is 0 Å². The van der Waals surface area contributed by atoms with Crippen LogP contribution in [0.2, 0.25) is 0 Å². The van der Waals surface area contributed by atoms with Crippen LogP contribution in [0.5, 0.6) is 0 Å². The van der Waals surface area contributed by atoms with Crippen molar-refractivity contribution in [3.63, 3.8) is 0 Å². The van der Waals surface area contributed by atoms with Gasteiger partial charge in [0.2, 0.25) is 0 Å². The second-order valence-electron chi connectivity index (χ2n) is 3.04. The summed E-state index contributed by atoms with van der Waals surface area (Å²) in [5.41, 5.74) is 4.91. The number of amides is 3. The van der Waals surface area contributed by atoms with Gasteiger partial charge in [-0.05, 0) is 23.8 Å². The molecule has 3 N–H and O–H groups in total. The molecule has 5 nitrogen and oxygen atoms in total. The van der Waals surface area contributed by atoms with Gasteiger partial charge in [0.1, 0.15) is 17.5 Å². The van der Waals surface area contributed by atoms with Crippen molar-refractivity contribution in [2.45, 2.75) is 0 Å². The van der Waals surface area contributed by atoms with E-state index in [0.717, 1.165) is 0 Å². The van der Waals surface area contributed by atoms with Crippen LogP contribution in [0.4, 0.5) is 9.18 Å². The van der Waals surface area contributed by atoms with Crippen LogP contribution < -0.4 is 11.1 Å². The molecule has 0 atom stereocenters. The third-order valence-electron chi connectivity index (χ3n) is 1.78. The first-order valence-electron chi connectivity index (χ1n) is 4.51. The van der Waals surface area contributed by atoms with E-state index < -0.39 is 17.8 Å². The van der Waals surface area contributed by atoms with E-state index in [-0.39, 0.29) is 5.57 Å². The Labute approximate surface area is 96.3 Å². The van der Waals surface area contributed by atoms with E-state index in [0.29, 0.717) is 5.56 Å². The summed E-state index contributed by atoms with van der Waals surface area (Å²) in [6.45, 7) is 0. The maximum absolute atomic E-state index is 12.6. The van der Waals surface area contributed by atoms with Crippen LogP contribution in [-0.4, -0.2) is 11.9 Å². The lowest BCUT2D eigenvalue weighted by Crippen LogP contribution is -2.35. The molecule has 0 aliphatic heterocycles. The molecule has 0 saturated heterocycles. The van der Waals surface area contributed by atoms with Gasteiger partial charge in [-0.15, -0.1) is 0 Å². The molecule has 0 aliphatic carbocycles. The highest BCUT2D eigenvalue weighted by Gasteiger charge is 2.10. The lowest BCUT2D eigenvalue weighted by atomic mass is 10.1. The predicted octanol–water partition coefficient (Wildman–Crippen LogP) is 0.928. The smallest absolute Gasteiger partial charge is 0.319 e. The molecular formula is C11H8FN3O2. The first kappa shape index (κ1) is 12.4. The number of rotatable bonds is 2. The van der Waals surface area contributed by atoms with Crippen molar-refractivity contribution in [3.05, 3.63) is 41.2 Å². The SMILES string of the molecule is N#C/C(=C/c1ccc(F)cc1)C(=O)NC(N)=O. The molecule has 0 heterocycles. The van der Waals surface area contributed by atoms with Gasteiger partial charge in [-0.2, -0.15) is 5.26 Å². The van der Waals surface area contributed by atoms with Crippen LogP contribution in [0.1, 0.15) is 5.56 Å². The molecule has 1 aromatic rings. The molecule has 0 saturated carbocycles. The molecule has 0 spiro atoms. The number of benzene rings is 1. The molecule has 0 unspecified atom stereocenters. The molecule has 0 aliphatic rings. The molecule has 1 rings (SSSR count). The van der Waals surface area contributed by atoms with Gasteiger partial charge in [-0.3, -0.25) is 10.1 Å². The highest BCUT2D eigenvalue weighted by molar-refractivity contribution is 6.08. The predicted molar refractivity (Wildman–Crippen MR) is 57.7 cm³/mol. The number of nitrogens with two attached hydrogens (primary N) is 1. The van der Waals surface area contributed by atoms with Gasteiger partial charge in [-0.1, -0.05) is 12.1 Å².